The maximum absolute atomic E-state index is 12.6. The van der Waals surface area contributed by atoms with Crippen LogP contribution in [0.1, 0.15) is 22.3 Å². The zero-order chi connectivity index (χ0) is 17.5. The Morgan fingerprint density at radius 3 is 2.54 bits per heavy atom. The third kappa shape index (κ3) is 2.61. The fraction of sp³-hybridized carbons (Fsp3) is 0.222. The average Bonchev–Trinajstić information content (AvgIpc) is 2.76. The molecule has 0 aromatic heterocycles. The zero-order valence-electron chi connectivity index (χ0n) is 13.2. The molecule has 24 heavy (non-hydrogen) atoms. The summed E-state index contributed by atoms with van der Waals surface area (Å²) in [6.07, 6.45) is -0.314. The van der Waals surface area contributed by atoms with Crippen LogP contribution in [-0.4, -0.2) is 31.0 Å². The third-order valence-electron chi connectivity index (χ3n) is 4.25. The van der Waals surface area contributed by atoms with Gasteiger partial charge in [0.25, 0.3) is 5.91 Å². The molecular weight excluding hydrogens is 374 g/mol. The Balaban J connectivity index is 1.95. The number of halogens is 1. The van der Waals surface area contributed by atoms with Gasteiger partial charge in [-0.3, -0.25) is 9.59 Å². The number of rotatable bonds is 4. The van der Waals surface area contributed by atoms with Gasteiger partial charge in [-0.25, -0.2) is 0 Å². The van der Waals surface area contributed by atoms with Gasteiger partial charge in [0.1, 0.15) is 5.75 Å². The van der Waals surface area contributed by atoms with Gasteiger partial charge in [0.05, 0.1) is 19.2 Å². The molecule has 1 N–H and O–H groups in total. The number of anilines is 1. The molecule has 1 aliphatic heterocycles. The van der Waals surface area contributed by atoms with Crippen molar-refractivity contribution in [2.75, 3.05) is 19.1 Å². The van der Waals surface area contributed by atoms with Crippen LogP contribution in [0.3, 0.4) is 0 Å². The maximum Gasteiger partial charge on any atom is 0.263 e. The van der Waals surface area contributed by atoms with Crippen molar-refractivity contribution < 1.29 is 19.4 Å². The molecule has 1 atom stereocenters. The quantitative estimate of drug-likeness (QED) is 0.816. The molecule has 1 aliphatic rings. The fourth-order valence-corrected chi connectivity index (χ4v) is 3.28. The van der Waals surface area contributed by atoms with Crippen molar-refractivity contribution in [3.05, 3.63) is 58.1 Å². The summed E-state index contributed by atoms with van der Waals surface area (Å²) in [4.78, 5) is 26.5. The highest BCUT2D eigenvalue weighted by molar-refractivity contribution is 9.10. The Morgan fingerprint density at radius 2 is 1.92 bits per heavy atom. The number of hydrogen-bond acceptors (Lipinski definition) is 4. The Hall–Kier alpha value is -2.18. The molecule has 124 valence electrons. The minimum absolute atomic E-state index is 0.310. The number of methoxy groups -OCH3 is 1. The smallest absolute Gasteiger partial charge is 0.263 e. The van der Waals surface area contributed by atoms with E-state index in [1.54, 1.807) is 56.6 Å². The van der Waals surface area contributed by atoms with E-state index in [0.717, 1.165) is 4.47 Å². The van der Waals surface area contributed by atoms with Crippen LogP contribution in [0.25, 0.3) is 0 Å². The molecule has 0 unspecified atom stereocenters. The Bertz CT molecular complexity index is 818. The van der Waals surface area contributed by atoms with E-state index in [9.17, 15) is 14.7 Å². The first-order chi connectivity index (χ1) is 11.4. The van der Waals surface area contributed by atoms with Gasteiger partial charge in [0, 0.05) is 22.6 Å². The lowest BCUT2D eigenvalue weighted by molar-refractivity contribution is -0.135. The summed E-state index contributed by atoms with van der Waals surface area (Å²) in [7, 11) is 3.13. The van der Waals surface area contributed by atoms with Gasteiger partial charge in [0.2, 0.25) is 0 Å². The average molecular weight is 390 g/mol. The van der Waals surface area contributed by atoms with Crippen LogP contribution in [0.4, 0.5) is 5.69 Å². The molecule has 0 radical (unpaired) electrons. The molecule has 1 amide bonds. The van der Waals surface area contributed by atoms with Crippen molar-refractivity contribution in [3.8, 4) is 5.75 Å². The molecule has 0 fully saturated rings. The van der Waals surface area contributed by atoms with Gasteiger partial charge in [-0.1, -0.05) is 15.9 Å². The normalized spacial score (nSPS) is 19.3. The van der Waals surface area contributed by atoms with Crippen LogP contribution >= 0.6 is 15.9 Å². The summed E-state index contributed by atoms with van der Waals surface area (Å²) in [5.74, 6) is -0.177. The lowest BCUT2D eigenvalue weighted by Gasteiger charge is -2.21. The summed E-state index contributed by atoms with van der Waals surface area (Å²) in [5, 5.41) is 11.0. The first kappa shape index (κ1) is 16.7. The van der Waals surface area contributed by atoms with Crippen LogP contribution in [-0.2, 0) is 10.4 Å². The first-order valence-corrected chi connectivity index (χ1v) is 8.14. The number of ether oxygens (including phenoxy) is 1. The predicted molar refractivity (Wildman–Crippen MR) is 93.4 cm³/mol. The summed E-state index contributed by atoms with van der Waals surface area (Å²) in [5.41, 5.74) is -0.396. The van der Waals surface area contributed by atoms with Crippen molar-refractivity contribution >= 4 is 33.3 Å². The number of nitrogens with zero attached hydrogens (tertiary/aromatic N) is 1. The third-order valence-corrected chi connectivity index (χ3v) is 4.75. The number of ketones is 1. The van der Waals surface area contributed by atoms with E-state index >= 15 is 0 Å². The summed E-state index contributed by atoms with van der Waals surface area (Å²) < 4.78 is 5.80. The molecule has 0 saturated heterocycles. The number of amides is 1. The molecule has 0 saturated carbocycles. The highest BCUT2D eigenvalue weighted by Gasteiger charge is 2.49. The van der Waals surface area contributed by atoms with E-state index in [1.165, 1.54) is 4.90 Å². The van der Waals surface area contributed by atoms with E-state index in [0.29, 0.717) is 22.6 Å². The largest absolute Gasteiger partial charge is 0.497 e. The lowest BCUT2D eigenvalue weighted by atomic mass is 9.88. The summed E-state index contributed by atoms with van der Waals surface area (Å²) in [6.45, 7) is 0. The summed E-state index contributed by atoms with van der Waals surface area (Å²) in [6, 6.07) is 11.8. The van der Waals surface area contributed by atoms with Crippen LogP contribution in [0.2, 0.25) is 0 Å². The minimum Gasteiger partial charge on any atom is -0.497 e. The second-order valence-corrected chi connectivity index (χ2v) is 6.63. The number of carbonyl (C=O) groups excluding carboxylic acids is 2. The molecular formula is C18H16BrNO4. The van der Waals surface area contributed by atoms with Crippen molar-refractivity contribution in [1.29, 1.82) is 0 Å². The number of Topliss-reactive ketones (excluding diaryl/α,β-unsaturated/α-hetero) is 1. The molecule has 2 aromatic carbocycles. The van der Waals surface area contributed by atoms with E-state index < -0.39 is 11.5 Å². The molecule has 5 nitrogen and oxygen atoms in total. The number of likely N-dealkylation sites (N-methyl/N-ethyl adjacent to an activating group) is 1. The minimum atomic E-state index is -1.86. The number of benzene rings is 2. The first-order valence-electron chi connectivity index (χ1n) is 7.34. The second-order valence-electron chi connectivity index (χ2n) is 5.71. The Kier molecular flexibility index (Phi) is 4.19. The fourth-order valence-electron chi connectivity index (χ4n) is 2.92. The van der Waals surface area contributed by atoms with E-state index in [-0.39, 0.29) is 12.2 Å². The number of fused-ring (bicyclic) bond motifs is 1. The molecule has 1 heterocycles. The highest BCUT2D eigenvalue weighted by Crippen LogP contribution is 2.43. The van der Waals surface area contributed by atoms with Gasteiger partial charge < -0.3 is 14.7 Å². The molecule has 0 bridgehead atoms. The van der Waals surface area contributed by atoms with Crippen LogP contribution in [0.5, 0.6) is 5.75 Å². The Morgan fingerprint density at radius 1 is 1.25 bits per heavy atom. The van der Waals surface area contributed by atoms with Gasteiger partial charge in [-0.05, 0) is 42.5 Å². The van der Waals surface area contributed by atoms with E-state index in [4.69, 9.17) is 4.74 Å². The SMILES string of the molecule is COc1ccc(C(=O)C[C@@]2(O)C(=O)N(C)c3ccc(Br)cc32)cc1. The molecule has 0 aliphatic carbocycles. The number of carbonyl (C=O) groups is 2. The van der Waals surface area contributed by atoms with Gasteiger partial charge in [-0.2, -0.15) is 0 Å². The number of hydrogen-bond donors (Lipinski definition) is 1. The summed E-state index contributed by atoms with van der Waals surface area (Å²) >= 11 is 3.34. The van der Waals surface area contributed by atoms with E-state index in [2.05, 4.69) is 15.9 Å². The van der Waals surface area contributed by atoms with Crippen molar-refractivity contribution in [1.82, 2.24) is 0 Å². The second kappa shape index (κ2) is 6.03. The van der Waals surface area contributed by atoms with Crippen molar-refractivity contribution in [2.24, 2.45) is 0 Å². The van der Waals surface area contributed by atoms with Crippen molar-refractivity contribution in [3.63, 3.8) is 0 Å². The van der Waals surface area contributed by atoms with Crippen LogP contribution in [0, 0.1) is 0 Å². The van der Waals surface area contributed by atoms with Crippen molar-refractivity contribution in [2.45, 2.75) is 12.0 Å². The van der Waals surface area contributed by atoms with Gasteiger partial charge in [0.15, 0.2) is 11.4 Å². The molecule has 2 aromatic rings. The maximum atomic E-state index is 12.6. The zero-order valence-corrected chi connectivity index (χ0v) is 14.8. The molecule has 0 spiro atoms. The molecule has 6 heteroatoms. The monoisotopic (exact) mass is 389 g/mol. The Labute approximate surface area is 148 Å². The van der Waals surface area contributed by atoms with Crippen LogP contribution < -0.4 is 9.64 Å². The standard InChI is InChI=1S/C18H16BrNO4/c1-20-15-8-5-12(19)9-14(15)18(23,17(20)22)10-16(21)11-3-6-13(24-2)7-4-11/h3-9,23H,10H2,1-2H3/t18-/m0/s1. The van der Waals surface area contributed by atoms with Gasteiger partial charge in [-0.15, -0.1) is 0 Å². The van der Waals surface area contributed by atoms with Gasteiger partial charge >= 0.3 is 0 Å². The lowest BCUT2D eigenvalue weighted by Crippen LogP contribution is -2.40. The highest BCUT2D eigenvalue weighted by atomic mass is 79.9. The predicted octanol–water partition coefficient (Wildman–Crippen LogP) is 2.89. The van der Waals surface area contributed by atoms with E-state index in [1.807, 2.05) is 0 Å². The molecule has 3 rings (SSSR count). The number of aliphatic hydroxyl groups is 1. The van der Waals surface area contributed by atoms with Crippen LogP contribution in [0.15, 0.2) is 46.9 Å². The topological polar surface area (TPSA) is 66.8 Å².